The van der Waals surface area contributed by atoms with Gasteiger partial charge in [0.05, 0.1) is 16.9 Å². The zero-order valence-corrected chi connectivity index (χ0v) is 11.2. The SMILES string of the molecule is CN(c1ccc2ncccc2c1N)C1CCOCC1. The number of hydrogen-bond donors (Lipinski definition) is 1. The average molecular weight is 257 g/mol. The molecule has 0 spiro atoms. The van der Waals surface area contributed by atoms with Crippen LogP contribution in [-0.4, -0.2) is 31.3 Å². The van der Waals surface area contributed by atoms with Crippen LogP contribution in [0.1, 0.15) is 12.8 Å². The Morgan fingerprint density at radius 2 is 2.05 bits per heavy atom. The number of pyridine rings is 1. The van der Waals surface area contributed by atoms with Gasteiger partial charge in [0.15, 0.2) is 0 Å². The van der Waals surface area contributed by atoms with E-state index in [-0.39, 0.29) is 0 Å². The zero-order chi connectivity index (χ0) is 13.2. The minimum Gasteiger partial charge on any atom is -0.396 e. The van der Waals surface area contributed by atoms with E-state index in [1.165, 1.54) is 0 Å². The fourth-order valence-electron chi connectivity index (χ4n) is 2.74. The number of nitrogens with zero attached hydrogens (tertiary/aromatic N) is 2. The molecule has 0 atom stereocenters. The van der Waals surface area contributed by atoms with Crippen LogP contribution in [0.5, 0.6) is 0 Å². The van der Waals surface area contributed by atoms with Crippen LogP contribution in [0.15, 0.2) is 30.5 Å². The topological polar surface area (TPSA) is 51.4 Å². The first-order valence-electron chi connectivity index (χ1n) is 6.71. The maximum Gasteiger partial charge on any atom is 0.0724 e. The molecule has 1 aromatic carbocycles. The summed E-state index contributed by atoms with van der Waals surface area (Å²) in [4.78, 5) is 6.62. The first-order chi connectivity index (χ1) is 9.27. The van der Waals surface area contributed by atoms with Gasteiger partial charge in [-0.1, -0.05) is 0 Å². The molecule has 0 unspecified atom stereocenters. The Morgan fingerprint density at radius 3 is 2.84 bits per heavy atom. The van der Waals surface area contributed by atoms with E-state index in [1.807, 2.05) is 18.2 Å². The molecule has 100 valence electrons. The maximum atomic E-state index is 6.31. The number of rotatable bonds is 2. The lowest BCUT2D eigenvalue weighted by atomic mass is 10.1. The zero-order valence-electron chi connectivity index (χ0n) is 11.2. The monoisotopic (exact) mass is 257 g/mol. The predicted octanol–water partition coefficient (Wildman–Crippen LogP) is 2.43. The summed E-state index contributed by atoms with van der Waals surface area (Å²) in [5.74, 6) is 0. The Balaban J connectivity index is 1.97. The Hall–Kier alpha value is -1.81. The van der Waals surface area contributed by atoms with Gasteiger partial charge >= 0.3 is 0 Å². The summed E-state index contributed by atoms with van der Waals surface area (Å²) in [5.41, 5.74) is 9.17. The fraction of sp³-hybridized carbons (Fsp3) is 0.400. The van der Waals surface area contributed by atoms with Crippen molar-refractivity contribution in [2.24, 2.45) is 0 Å². The molecule has 1 fully saturated rings. The summed E-state index contributed by atoms with van der Waals surface area (Å²) in [6.07, 6.45) is 3.91. The van der Waals surface area contributed by atoms with Crippen LogP contribution >= 0.6 is 0 Å². The molecule has 0 aliphatic carbocycles. The fourth-order valence-corrected chi connectivity index (χ4v) is 2.74. The molecular weight excluding hydrogens is 238 g/mol. The summed E-state index contributed by atoms with van der Waals surface area (Å²) in [7, 11) is 2.11. The number of nitrogens with two attached hydrogens (primary N) is 1. The number of aromatic nitrogens is 1. The molecule has 2 N–H and O–H groups in total. The smallest absolute Gasteiger partial charge is 0.0724 e. The summed E-state index contributed by atoms with van der Waals surface area (Å²) in [6, 6.07) is 8.57. The van der Waals surface area contributed by atoms with Crippen LogP contribution in [0.2, 0.25) is 0 Å². The molecule has 2 heterocycles. The largest absolute Gasteiger partial charge is 0.396 e. The number of anilines is 2. The van der Waals surface area contributed by atoms with Crippen LogP contribution in [0.25, 0.3) is 10.9 Å². The van der Waals surface area contributed by atoms with Crippen LogP contribution < -0.4 is 10.6 Å². The molecule has 19 heavy (non-hydrogen) atoms. The first-order valence-corrected chi connectivity index (χ1v) is 6.71. The van der Waals surface area contributed by atoms with E-state index in [4.69, 9.17) is 10.5 Å². The quantitative estimate of drug-likeness (QED) is 0.839. The van der Waals surface area contributed by atoms with Crippen molar-refractivity contribution in [3.8, 4) is 0 Å². The number of hydrogen-bond acceptors (Lipinski definition) is 4. The molecule has 4 heteroatoms. The molecule has 1 saturated heterocycles. The van der Waals surface area contributed by atoms with Gasteiger partial charge in [0.25, 0.3) is 0 Å². The Labute approximate surface area is 113 Å². The number of benzene rings is 1. The summed E-state index contributed by atoms with van der Waals surface area (Å²) >= 11 is 0. The predicted molar refractivity (Wildman–Crippen MR) is 78.4 cm³/mol. The van der Waals surface area contributed by atoms with Crippen molar-refractivity contribution >= 4 is 22.3 Å². The number of fused-ring (bicyclic) bond motifs is 1. The molecule has 3 rings (SSSR count). The van der Waals surface area contributed by atoms with Gasteiger partial charge < -0.3 is 15.4 Å². The third-order valence-corrected chi connectivity index (χ3v) is 3.92. The molecule has 0 amide bonds. The van der Waals surface area contributed by atoms with Gasteiger partial charge in [0.1, 0.15) is 0 Å². The lowest BCUT2D eigenvalue weighted by Crippen LogP contribution is -2.37. The van der Waals surface area contributed by atoms with E-state index >= 15 is 0 Å². The lowest BCUT2D eigenvalue weighted by Gasteiger charge is -2.33. The highest BCUT2D eigenvalue weighted by Crippen LogP contribution is 2.32. The molecule has 0 saturated carbocycles. The van der Waals surface area contributed by atoms with Gasteiger partial charge in [-0.15, -0.1) is 0 Å². The van der Waals surface area contributed by atoms with Gasteiger partial charge in [-0.25, -0.2) is 0 Å². The normalized spacial score (nSPS) is 16.7. The molecule has 1 aromatic heterocycles. The van der Waals surface area contributed by atoms with Crippen LogP contribution in [0, 0.1) is 0 Å². The number of nitrogen functional groups attached to an aromatic ring is 1. The van der Waals surface area contributed by atoms with Crippen molar-refractivity contribution in [3.05, 3.63) is 30.5 Å². The van der Waals surface area contributed by atoms with Crippen LogP contribution in [0.4, 0.5) is 11.4 Å². The van der Waals surface area contributed by atoms with Crippen molar-refractivity contribution in [1.82, 2.24) is 4.98 Å². The van der Waals surface area contributed by atoms with Crippen LogP contribution in [-0.2, 0) is 4.74 Å². The highest BCUT2D eigenvalue weighted by molar-refractivity contribution is 5.97. The molecule has 1 aliphatic heterocycles. The second-order valence-corrected chi connectivity index (χ2v) is 5.02. The third kappa shape index (κ3) is 2.24. The standard InChI is InChI=1S/C15H19N3O/c1-18(11-6-9-19-10-7-11)14-5-4-13-12(15(14)16)3-2-8-17-13/h2-5,8,11H,6-7,9-10,16H2,1H3. The van der Waals surface area contributed by atoms with E-state index in [0.29, 0.717) is 6.04 Å². The van der Waals surface area contributed by atoms with Crippen molar-refractivity contribution in [2.75, 3.05) is 30.9 Å². The second-order valence-electron chi connectivity index (χ2n) is 5.02. The van der Waals surface area contributed by atoms with Gasteiger partial charge in [-0.05, 0) is 37.1 Å². The third-order valence-electron chi connectivity index (χ3n) is 3.92. The molecule has 0 bridgehead atoms. The maximum absolute atomic E-state index is 6.31. The Morgan fingerprint density at radius 1 is 1.26 bits per heavy atom. The summed E-state index contributed by atoms with van der Waals surface area (Å²) < 4.78 is 5.42. The lowest BCUT2D eigenvalue weighted by molar-refractivity contribution is 0.0855. The summed E-state index contributed by atoms with van der Waals surface area (Å²) in [5, 5.41) is 1.03. The number of ether oxygens (including phenoxy) is 1. The summed E-state index contributed by atoms with van der Waals surface area (Å²) in [6.45, 7) is 1.67. The Kier molecular flexibility index (Phi) is 3.25. The van der Waals surface area contributed by atoms with Gasteiger partial charge in [0, 0.05) is 37.9 Å². The van der Waals surface area contributed by atoms with Crippen LogP contribution in [0.3, 0.4) is 0 Å². The molecule has 4 nitrogen and oxygen atoms in total. The molecular formula is C15H19N3O. The molecule has 0 radical (unpaired) electrons. The highest BCUT2D eigenvalue weighted by Gasteiger charge is 2.20. The first kappa shape index (κ1) is 12.2. The van der Waals surface area contributed by atoms with E-state index in [0.717, 1.165) is 48.3 Å². The van der Waals surface area contributed by atoms with Crippen molar-refractivity contribution < 1.29 is 4.74 Å². The van der Waals surface area contributed by atoms with Gasteiger partial charge in [0.2, 0.25) is 0 Å². The Bertz CT molecular complexity index is 579. The highest BCUT2D eigenvalue weighted by atomic mass is 16.5. The van der Waals surface area contributed by atoms with Crippen molar-refractivity contribution in [2.45, 2.75) is 18.9 Å². The van der Waals surface area contributed by atoms with E-state index in [2.05, 4.69) is 23.0 Å². The molecule has 1 aliphatic rings. The second kappa shape index (κ2) is 5.05. The minimum absolute atomic E-state index is 0.505. The van der Waals surface area contributed by atoms with Gasteiger partial charge in [-0.2, -0.15) is 0 Å². The van der Waals surface area contributed by atoms with Gasteiger partial charge in [-0.3, -0.25) is 4.98 Å². The van der Waals surface area contributed by atoms with E-state index in [1.54, 1.807) is 6.20 Å². The van der Waals surface area contributed by atoms with Crippen molar-refractivity contribution in [3.63, 3.8) is 0 Å². The molecule has 2 aromatic rings. The average Bonchev–Trinajstić information content (AvgIpc) is 2.48. The van der Waals surface area contributed by atoms with E-state index < -0.39 is 0 Å². The minimum atomic E-state index is 0.505. The van der Waals surface area contributed by atoms with E-state index in [9.17, 15) is 0 Å². The van der Waals surface area contributed by atoms with Crippen molar-refractivity contribution in [1.29, 1.82) is 0 Å².